The van der Waals surface area contributed by atoms with Crippen molar-refractivity contribution in [3.63, 3.8) is 0 Å². The monoisotopic (exact) mass is 613 g/mol. The molecule has 2 aromatic carbocycles. The Morgan fingerprint density at radius 3 is 2.31 bits per heavy atom. The van der Waals surface area contributed by atoms with Crippen LogP contribution in [0.1, 0.15) is 51.5 Å². The summed E-state index contributed by atoms with van der Waals surface area (Å²) >= 11 is 0. The number of aliphatic hydroxyl groups is 1. The maximum Gasteiger partial charge on any atom is 0.410 e. The first-order chi connectivity index (χ1) is 21.5. The van der Waals surface area contributed by atoms with Gasteiger partial charge in [0.1, 0.15) is 11.9 Å². The molecule has 4 aromatic rings. The van der Waals surface area contributed by atoms with Crippen molar-refractivity contribution < 1.29 is 19.4 Å². The number of carbonyl (C=O) groups is 2. The number of para-hydroxylation sites is 1. The Hall–Kier alpha value is -4.58. The second kappa shape index (κ2) is 12.1. The summed E-state index contributed by atoms with van der Waals surface area (Å²) in [4.78, 5) is 48.1. The van der Waals surface area contributed by atoms with Crippen molar-refractivity contribution in [2.24, 2.45) is 5.92 Å². The molecule has 12 heteroatoms. The third-order valence-corrected chi connectivity index (χ3v) is 8.71. The Labute approximate surface area is 261 Å². The summed E-state index contributed by atoms with van der Waals surface area (Å²) < 4.78 is 8.52. The summed E-state index contributed by atoms with van der Waals surface area (Å²) in [5.74, 6) is -0.465. The summed E-state index contributed by atoms with van der Waals surface area (Å²) in [5.41, 5.74) is 0.0443. The summed E-state index contributed by atoms with van der Waals surface area (Å²) in [6.45, 7) is 7.10. The molecule has 236 valence electrons. The zero-order chi connectivity index (χ0) is 31.8. The Balaban J connectivity index is 1.13. The van der Waals surface area contributed by atoms with Gasteiger partial charge in [-0.1, -0.05) is 53.7 Å². The van der Waals surface area contributed by atoms with Gasteiger partial charge < -0.3 is 19.6 Å². The molecule has 2 aliphatic heterocycles. The third kappa shape index (κ3) is 6.46. The molecular weight excluding hydrogens is 574 g/mol. The first kappa shape index (κ1) is 30.4. The highest BCUT2D eigenvalue weighted by Gasteiger charge is 2.42. The number of likely N-dealkylation sites (tertiary alicyclic amines) is 2. The van der Waals surface area contributed by atoms with E-state index >= 15 is 0 Å². The number of amides is 2. The summed E-state index contributed by atoms with van der Waals surface area (Å²) in [6.07, 6.45) is 2.19. The fourth-order valence-electron chi connectivity index (χ4n) is 6.33. The van der Waals surface area contributed by atoms with Crippen LogP contribution >= 0.6 is 0 Å². The molecule has 6 rings (SSSR count). The molecule has 0 unspecified atom stereocenters. The summed E-state index contributed by atoms with van der Waals surface area (Å²) in [6, 6.07) is 19.2. The predicted octanol–water partition coefficient (Wildman–Crippen LogP) is 3.37. The fraction of sp³-hybridized carbons (Fsp3) is 0.455. The number of ether oxygens (including phenoxy) is 1. The van der Waals surface area contributed by atoms with Crippen molar-refractivity contribution in [2.75, 3.05) is 26.2 Å². The van der Waals surface area contributed by atoms with E-state index in [-0.39, 0.29) is 41.5 Å². The van der Waals surface area contributed by atoms with Gasteiger partial charge in [-0.25, -0.2) is 9.78 Å². The van der Waals surface area contributed by atoms with Crippen LogP contribution < -0.4 is 5.56 Å². The molecule has 0 saturated carbocycles. The topological polar surface area (TPSA) is 136 Å². The molecular formula is C33H39N7O5. The van der Waals surface area contributed by atoms with Gasteiger partial charge in [-0.05, 0) is 57.7 Å². The van der Waals surface area contributed by atoms with Crippen LogP contribution in [0.25, 0.3) is 16.9 Å². The smallest absolute Gasteiger partial charge is 0.410 e. The van der Waals surface area contributed by atoms with Crippen LogP contribution in [0.2, 0.25) is 0 Å². The lowest BCUT2D eigenvalue weighted by atomic mass is 9.79. The van der Waals surface area contributed by atoms with Crippen LogP contribution in [0.3, 0.4) is 0 Å². The molecule has 2 saturated heterocycles. The first-order valence-corrected chi connectivity index (χ1v) is 15.4. The van der Waals surface area contributed by atoms with Gasteiger partial charge in [0.2, 0.25) is 5.91 Å². The third-order valence-electron chi connectivity index (χ3n) is 8.71. The highest BCUT2D eigenvalue weighted by Crippen LogP contribution is 2.36. The lowest BCUT2D eigenvalue weighted by molar-refractivity contribution is -0.142. The maximum atomic E-state index is 14.0. The highest BCUT2D eigenvalue weighted by molar-refractivity contribution is 5.81. The largest absolute Gasteiger partial charge is 0.444 e. The van der Waals surface area contributed by atoms with E-state index in [9.17, 15) is 19.5 Å². The van der Waals surface area contributed by atoms with Gasteiger partial charge in [-0.15, -0.1) is 5.10 Å². The average molecular weight is 614 g/mol. The maximum absolute atomic E-state index is 14.0. The van der Waals surface area contributed by atoms with Gasteiger partial charge in [-0.3, -0.25) is 14.2 Å². The van der Waals surface area contributed by atoms with E-state index in [2.05, 4.69) is 15.3 Å². The Bertz CT molecular complexity index is 1720. The minimum atomic E-state index is -1.19. The summed E-state index contributed by atoms with van der Waals surface area (Å²) in [7, 11) is 0. The molecule has 4 heterocycles. The fourth-order valence-corrected chi connectivity index (χ4v) is 6.33. The van der Waals surface area contributed by atoms with Crippen LogP contribution in [-0.4, -0.2) is 88.8 Å². The molecule has 2 amide bonds. The van der Waals surface area contributed by atoms with Gasteiger partial charge in [0, 0.05) is 38.0 Å². The number of nitrogens with zero attached hydrogens (tertiary/aromatic N) is 7. The molecule has 2 fully saturated rings. The number of rotatable bonds is 5. The number of carbonyl (C=O) groups excluding carboxylic acids is 2. The molecule has 1 N–H and O–H groups in total. The minimum absolute atomic E-state index is 0.0209. The standard InChI is InChI=1S/C33H39N7O5/c1-32(2,3)45-31(43)38-17-14-25(26(20-38)23-10-6-4-7-11-23)29(41)37-18-15-33(44,16-19-37)21-39-22-34-28-27(30(39)42)35-36-40(28)24-12-8-5-9-13-24/h4-13,22,25-26,44H,14-21H2,1-3H3/t25-,26+/m1/s1. The average Bonchev–Trinajstić information content (AvgIpc) is 3.47. The molecule has 2 atom stereocenters. The van der Waals surface area contributed by atoms with Crippen molar-refractivity contribution in [1.29, 1.82) is 0 Å². The van der Waals surface area contributed by atoms with Crippen LogP contribution in [-0.2, 0) is 16.1 Å². The Kier molecular flexibility index (Phi) is 8.17. The highest BCUT2D eigenvalue weighted by atomic mass is 16.6. The number of benzene rings is 2. The van der Waals surface area contributed by atoms with Gasteiger partial charge in [0.25, 0.3) is 5.56 Å². The molecule has 12 nitrogen and oxygen atoms in total. The summed E-state index contributed by atoms with van der Waals surface area (Å²) in [5, 5.41) is 19.7. The minimum Gasteiger partial charge on any atom is -0.444 e. The van der Waals surface area contributed by atoms with Crippen molar-refractivity contribution >= 4 is 23.2 Å². The Morgan fingerprint density at radius 2 is 1.64 bits per heavy atom. The zero-order valence-electron chi connectivity index (χ0n) is 25.9. The van der Waals surface area contributed by atoms with Gasteiger partial charge in [-0.2, -0.15) is 4.68 Å². The molecule has 2 aromatic heterocycles. The van der Waals surface area contributed by atoms with Crippen molar-refractivity contribution in [2.45, 2.75) is 63.7 Å². The lowest BCUT2D eigenvalue weighted by Crippen LogP contribution is -2.53. The molecule has 0 radical (unpaired) electrons. The predicted molar refractivity (Wildman–Crippen MR) is 167 cm³/mol. The van der Waals surface area contributed by atoms with E-state index < -0.39 is 11.2 Å². The van der Waals surface area contributed by atoms with E-state index in [4.69, 9.17) is 4.74 Å². The number of hydrogen-bond acceptors (Lipinski definition) is 8. The van der Waals surface area contributed by atoms with E-state index in [1.54, 1.807) is 4.90 Å². The number of fused-ring (bicyclic) bond motifs is 1. The normalized spacial score (nSPS) is 20.3. The quantitative estimate of drug-likeness (QED) is 0.362. The van der Waals surface area contributed by atoms with E-state index in [1.807, 2.05) is 86.3 Å². The van der Waals surface area contributed by atoms with E-state index in [1.165, 1.54) is 15.6 Å². The lowest BCUT2D eigenvalue weighted by Gasteiger charge is -2.43. The SMILES string of the molecule is CC(C)(C)OC(=O)N1CC[C@@H](C(=O)N2CCC(O)(Cn3cnc4c(nnn4-c4ccccc4)c3=O)CC2)[C@H](c2ccccc2)C1. The van der Waals surface area contributed by atoms with Crippen molar-refractivity contribution in [1.82, 2.24) is 34.3 Å². The second-order valence-electron chi connectivity index (χ2n) is 13.1. The second-order valence-corrected chi connectivity index (χ2v) is 13.1. The Morgan fingerprint density at radius 1 is 0.978 bits per heavy atom. The van der Waals surface area contributed by atoms with Gasteiger partial charge >= 0.3 is 6.09 Å². The van der Waals surface area contributed by atoms with Crippen LogP contribution in [0.5, 0.6) is 0 Å². The van der Waals surface area contributed by atoms with E-state index in [0.717, 1.165) is 11.3 Å². The number of aromatic nitrogens is 5. The van der Waals surface area contributed by atoms with Crippen LogP contribution in [0.4, 0.5) is 4.79 Å². The molecule has 45 heavy (non-hydrogen) atoms. The van der Waals surface area contributed by atoms with Crippen LogP contribution in [0, 0.1) is 5.92 Å². The zero-order valence-corrected chi connectivity index (χ0v) is 25.9. The van der Waals surface area contributed by atoms with Gasteiger partial charge in [0.15, 0.2) is 11.2 Å². The van der Waals surface area contributed by atoms with Crippen LogP contribution in [0.15, 0.2) is 71.8 Å². The van der Waals surface area contributed by atoms with Gasteiger partial charge in [0.05, 0.1) is 17.8 Å². The van der Waals surface area contributed by atoms with E-state index in [0.29, 0.717) is 51.1 Å². The molecule has 0 bridgehead atoms. The van der Waals surface area contributed by atoms with Crippen molar-refractivity contribution in [3.05, 3.63) is 82.9 Å². The molecule has 0 aliphatic carbocycles. The molecule has 0 spiro atoms. The molecule has 2 aliphatic rings. The van der Waals surface area contributed by atoms with Crippen molar-refractivity contribution in [3.8, 4) is 5.69 Å². The number of hydrogen-bond donors (Lipinski definition) is 1. The number of piperidine rings is 2. The first-order valence-electron chi connectivity index (χ1n) is 15.4.